The van der Waals surface area contributed by atoms with Gasteiger partial charge in [0.1, 0.15) is 12.6 Å². The van der Waals surface area contributed by atoms with Gasteiger partial charge in [-0.05, 0) is 39.0 Å². The molecule has 1 aliphatic heterocycles. The van der Waals surface area contributed by atoms with E-state index in [4.69, 9.17) is 16.3 Å². The van der Waals surface area contributed by atoms with Crippen molar-refractivity contribution in [3.8, 4) is 0 Å². The van der Waals surface area contributed by atoms with Gasteiger partial charge in [0.15, 0.2) is 0 Å². The maximum atomic E-state index is 10.1. The molecule has 1 heterocycles. The molecule has 1 aromatic carbocycles. The first-order chi connectivity index (χ1) is 10.3. The van der Waals surface area contributed by atoms with Gasteiger partial charge in [-0.1, -0.05) is 17.7 Å². The number of benzene rings is 1. The van der Waals surface area contributed by atoms with Gasteiger partial charge in [0.05, 0.1) is 38.4 Å². The summed E-state index contributed by atoms with van der Waals surface area (Å²) >= 11 is 6.05. The van der Waals surface area contributed by atoms with Gasteiger partial charge in [-0.3, -0.25) is 0 Å². The van der Waals surface area contributed by atoms with Crippen molar-refractivity contribution in [2.45, 2.75) is 32.5 Å². The quantitative estimate of drug-likeness (QED) is 0.854. The second-order valence-corrected chi connectivity index (χ2v) is 7.43. The average molecular weight is 328 g/mol. The van der Waals surface area contributed by atoms with Gasteiger partial charge in [0.2, 0.25) is 0 Å². The zero-order valence-electron chi connectivity index (χ0n) is 13.8. The van der Waals surface area contributed by atoms with Crippen molar-refractivity contribution in [3.63, 3.8) is 0 Å². The standard InChI is InChI=1S/C17H27ClN2O2/c1-17(2,3)22-13-16(21)12-19-7-9-20(10-8-19)15-6-4-5-14(18)11-15/h4-6,11,16,21H,7-10,12-13H2,1-3H3/p+1/t16-/m1/s1. The van der Waals surface area contributed by atoms with Crippen LogP contribution in [0.2, 0.25) is 5.02 Å². The molecule has 0 aromatic heterocycles. The van der Waals surface area contributed by atoms with Crippen LogP contribution in [0.25, 0.3) is 0 Å². The molecule has 2 N–H and O–H groups in total. The summed E-state index contributed by atoms with van der Waals surface area (Å²) in [5.74, 6) is 0. The summed E-state index contributed by atoms with van der Waals surface area (Å²) in [5, 5.41) is 10.9. The lowest BCUT2D eigenvalue weighted by Crippen LogP contribution is -3.16. The van der Waals surface area contributed by atoms with Gasteiger partial charge in [-0.15, -0.1) is 0 Å². The van der Waals surface area contributed by atoms with Crippen LogP contribution in [-0.2, 0) is 4.74 Å². The minimum Gasteiger partial charge on any atom is -0.385 e. The largest absolute Gasteiger partial charge is 0.385 e. The number of ether oxygens (including phenoxy) is 1. The van der Waals surface area contributed by atoms with Crippen molar-refractivity contribution < 1.29 is 14.7 Å². The molecule has 0 spiro atoms. The van der Waals surface area contributed by atoms with Crippen LogP contribution in [0.15, 0.2) is 24.3 Å². The van der Waals surface area contributed by atoms with Crippen LogP contribution in [0, 0.1) is 0 Å². The Morgan fingerprint density at radius 1 is 1.32 bits per heavy atom. The fourth-order valence-corrected chi connectivity index (χ4v) is 2.88. The van der Waals surface area contributed by atoms with E-state index < -0.39 is 6.10 Å². The molecular formula is C17H28ClN2O2+. The van der Waals surface area contributed by atoms with Crippen molar-refractivity contribution >= 4 is 17.3 Å². The van der Waals surface area contributed by atoms with Crippen molar-refractivity contribution in [2.24, 2.45) is 0 Å². The Hall–Kier alpha value is -0.810. The number of nitrogens with zero attached hydrogens (tertiary/aromatic N) is 1. The van der Waals surface area contributed by atoms with E-state index in [2.05, 4.69) is 11.0 Å². The maximum Gasteiger partial charge on any atom is 0.126 e. The number of hydrogen-bond donors (Lipinski definition) is 2. The van der Waals surface area contributed by atoms with E-state index in [-0.39, 0.29) is 5.60 Å². The van der Waals surface area contributed by atoms with Gasteiger partial charge in [0, 0.05) is 10.7 Å². The summed E-state index contributed by atoms with van der Waals surface area (Å²) in [5.41, 5.74) is 0.991. The number of hydrogen-bond acceptors (Lipinski definition) is 3. The molecule has 4 nitrogen and oxygen atoms in total. The molecule has 2 rings (SSSR count). The SMILES string of the molecule is CC(C)(C)OC[C@H](O)C[NH+]1CCN(c2cccc(Cl)c2)CC1. The summed E-state index contributed by atoms with van der Waals surface area (Å²) in [6, 6.07) is 8.00. The Morgan fingerprint density at radius 3 is 2.59 bits per heavy atom. The number of nitrogens with one attached hydrogen (secondary N) is 1. The molecule has 1 aliphatic rings. The number of anilines is 1. The highest BCUT2D eigenvalue weighted by Gasteiger charge is 2.23. The second kappa shape index (κ2) is 7.64. The molecule has 0 amide bonds. The van der Waals surface area contributed by atoms with E-state index in [1.165, 1.54) is 10.6 Å². The highest BCUT2D eigenvalue weighted by Crippen LogP contribution is 2.19. The van der Waals surface area contributed by atoms with Gasteiger partial charge in [-0.2, -0.15) is 0 Å². The molecule has 0 saturated carbocycles. The predicted octanol–water partition coefficient (Wildman–Crippen LogP) is 1.22. The molecule has 1 saturated heterocycles. The van der Waals surface area contributed by atoms with E-state index >= 15 is 0 Å². The molecule has 1 atom stereocenters. The molecule has 124 valence electrons. The first-order valence-corrected chi connectivity index (χ1v) is 8.37. The molecule has 0 unspecified atom stereocenters. The van der Waals surface area contributed by atoms with Crippen LogP contribution in [0.4, 0.5) is 5.69 Å². The third-order valence-corrected chi connectivity index (χ3v) is 4.11. The van der Waals surface area contributed by atoms with Crippen LogP contribution in [0.5, 0.6) is 0 Å². The lowest BCUT2D eigenvalue weighted by molar-refractivity contribution is -0.903. The third kappa shape index (κ3) is 5.76. The van der Waals surface area contributed by atoms with Gasteiger partial charge in [0.25, 0.3) is 0 Å². The fourth-order valence-electron chi connectivity index (χ4n) is 2.70. The van der Waals surface area contributed by atoms with Crippen molar-refractivity contribution in [1.29, 1.82) is 0 Å². The minimum atomic E-state index is -0.396. The molecule has 0 radical (unpaired) electrons. The van der Waals surface area contributed by atoms with Crippen molar-refractivity contribution in [2.75, 3.05) is 44.2 Å². The minimum absolute atomic E-state index is 0.193. The normalized spacial score (nSPS) is 18.5. The van der Waals surface area contributed by atoms with Crippen molar-refractivity contribution in [1.82, 2.24) is 0 Å². The van der Waals surface area contributed by atoms with Gasteiger partial charge >= 0.3 is 0 Å². The molecule has 0 aliphatic carbocycles. The number of halogens is 1. The number of aliphatic hydroxyl groups is 1. The zero-order chi connectivity index (χ0) is 16.2. The Labute approximate surface area is 138 Å². The number of piperazine rings is 1. The van der Waals surface area contributed by atoms with E-state index in [0.717, 1.165) is 37.7 Å². The smallest absolute Gasteiger partial charge is 0.126 e. The first-order valence-electron chi connectivity index (χ1n) is 7.99. The summed E-state index contributed by atoms with van der Waals surface area (Å²) in [4.78, 5) is 3.79. The molecule has 22 heavy (non-hydrogen) atoms. The third-order valence-electron chi connectivity index (χ3n) is 3.88. The van der Waals surface area contributed by atoms with E-state index in [1.54, 1.807) is 0 Å². The van der Waals surface area contributed by atoms with E-state index in [0.29, 0.717) is 6.61 Å². The predicted molar refractivity (Wildman–Crippen MR) is 90.9 cm³/mol. The van der Waals surface area contributed by atoms with Crippen LogP contribution in [0.1, 0.15) is 20.8 Å². The maximum absolute atomic E-state index is 10.1. The highest BCUT2D eigenvalue weighted by molar-refractivity contribution is 6.30. The van der Waals surface area contributed by atoms with Crippen molar-refractivity contribution in [3.05, 3.63) is 29.3 Å². The Bertz CT molecular complexity index is 468. The summed E-state index contributed by atoms with van der Waals surface area (Å²) in [6.45, 7) is 11.2. The molecule has 1 fully saturated rings. The lowest BCUT2D eigenvalue weighted by atomic mass is 10.2. The van der Waals surface area contributed by atoms with Crippen LogP contribution in [-0.4, -0.2) is 56.1 Å². The summed E-state index contributed by atoms with van der Waals surface area (Å²) < 4.78 is 5.65. The van der Waals surface area contributed by atoms with Crippen LogP contribution < -0.4 is 9.80 Å². The molecular weight excluding hydrogens is 300 g/mol. The van der Waals surface area contributed by atoms with E-state index in [1.807, 2.05) is 39.0 Å². The summed E-state index contributed by atoms with van der Waals surface area (Å²) in [6.07, 6.45) is -0.396. The molecule has 0 bridgehead atoms. The van der Waals surface area contributed by atoms with E-state index in [9.17, 15) is 5.11 Å². The average Bonchev–Trinajstić information content (AvgIpc) is 2.45. The second-order valence-electron chi connectivity index (χ2n) is 7.00. The Kier molecular flexibility index (Phi) is 6.09. The van der Waals surface area contributed by atoms with Crippen LogP contribution in [0.3, 0.4) is 0 Å². The summed E-state index contributed by atoms with van der Waals surface area (Å²) in [7, 11) is 0. The van der Waals surface area contributed by atoms with Crippen LogP contribution >= 0.6 is 11.6 Å². The number of aliphatic hydroxyl groups excluding tert-OH is 1. The lowest BCUT2D eigenvalue weighted by Gasteiger charge is -2.34. The number of rotatable bonds is 5. The van der Waals surface area contributed by atoms with Gasteiger partial charge < -0.3 is 19.6 Å². The highest BCUT2D eigenvalue weighted by atomic mass is 35.5. The topological polar surface area (TPSA) is 37.1 Å². The Balaban J connectivity index is 1.75. The monoisotopic (exact) mass is 327 g/mol. The first kappa shape index (κ1) is 17.5. The number of quaternary nitrogens is 1. The van der Waals surface area contributed by atoms with Gasteiger partial charge in [-0.25, -0.2) is 0 Å². The molecule has 1 aromatic rings. The Morgan fingerprint density at radius 2 is 2.00 bits per heavy atom. The zero-order valence-corrected chi connectivity index (χ0v) is 14.6. The molecule has 5 heteroatoms. The fraction of sp³-hybridized carbons (Fsp3) is 0.647.